The molecule has 15 heavy (non-hydrogen) atoms. The van der Waals surface area contributed by atoms with Gasteiger partial charge in [-0.15, -0.1) is 0 Å². The highest BCUT2D eigenvalue weighted by atomic mass is 16.5. The topological polar surface area (TPSA) is 92.2 Å². The fourth-order valence-electron chi connectivity index (χ4n) is 1.07. The molecule has 0 fully saturated rings. The predicted octanol–water partition coefficient (Wildman–Crippen LogP) is 0.0418. The van der Waals surface area contributed by atoms with E-state index in [0.29, 0.717) is 0 Å². The van der Waals surface area contributed by atoms with Crippen LogP contribution in [0.5, 0.6) is 5.88 Å². The van der Waals surface area contributed by atoms with Gasteiger partial charge < -0.3 is 9.47 Å². The number of rotatable bonds is 2. The van der Waals surface area contributed by atoms with Crippen LogP contribution in [0.2, 0.25) is 0 Å². The Morgan fingerprint density at radius 1 is 1.53 bits per heavy atom. The lowest BCUT2D eigenvalue weighted by molar-refractivity contribution is 0.0599. The highest BCUT2D eigenvalue weighted by Crippen LogP contribution is 2.16. The molecule has 0 bridgehead atoms. The number of nitrogens with one attached hydrogen (secondary N) is 1. The van der Waals surface area contributed by atoms with Crippen molar-refractivity contribution in [2.75, 3.05) is 14.2 Å². The van der Waals surface area contributed by atoms with E-state index in [1.54, 1.807) is 6.07 Å². The van der Waals surface area contributed by atoms with E-state index in [1.165, 1.54) is 7.11 Å². The fraction of sp³-hybridized carbons (Fsp3) is 0.222. The number of esters is 1. The highest BCUT2D eigenvalue weighted by Gasteiger charge is 2.17. The summed E-state index contributed by atoms with van der Waals surface area (Å²) in [5.74, 6) is -0.804. The van der Waals surface area contributed by atoms with Gasteiger partial charge in [-0.25, -0.2) is 4.79 Å². The fourth-order valence-corrected chi connectivity index (χ4v) is 1.07. The number of ether oxygens (including phenoxy) is 2. The number of nitriles is 1. The third kappa shape index (κ3) is 1.96. The molecule has 1 heterocycles. The maximum atomic E-state index is 11.2. The summed E-state index contributed by atoms with van der Waals surface area (Å²) in [5, 5.41) is 8.81. The molecule has 0 aliphatic carbocycles. The van der Waals surface area contributed by atoms with Crippen molar-refractivity contribution in [3.8, 4) is 11.9 Å². The van der Waals surface area contributed by atoms with E-state index in [-0.39, 0.29) is 17.0 Å². The Bertz CT molecular complexity index is 484. The van der Waals surface area contributed by atoms with Gasteiger partial charge in [0.1, 0.15) is 11.6 Å². The monoisotopic (exact) mass is 208 g/mol. The number of hydrogen-bond acceptors (Lipinski definition) is 5. The Morgan fingerprint density at radius 3 is 2.67 bits per heavy atom. The molecule has 0 aliphatic heterocycles. The molecule has 6 heteroatoms. The molecule has 1 aromatic heterocycles. The first-order valence-electron chi connectivity index (χ1n) is 3.93. The van der Waals surface area contributed by atoms with Gasteiger partial charge in [0.15, 0.2) is 0 Å². The lowest BCUT2D eigenvalue weighted by atomic mass is 10.1. The second kappa shape index (κ2) is 4.28. The van der Waals surface area contributed by atoms with Gasteiger partial charge in [0, 0.05) is 6.07 Å². The summed E-state index contributed by atoms with van der Waals surface area (Å²) in [5.41, 5.74) is -0.698. The van der Waals surface area contributed by atoms with Gasteiger partial charge >= 0.3 is 5.97 Å². The zero-order valence-electron chi connectivity index (χ0n) is 8.16. The van der Waals surface area contributed by atoms with E-state index in [0.717, 1.165) is 13.2 Å². The van der Waals surface area contributed by atoms with Crippen LogP contribution in [-0.4, -0.2) is 25.2 Å². The predicted molar refractivity (Wildman–Crippen MR) is 49.7 cm³/mol. The van der Waals surface area contributed by atoms with Crippen LogP contribution in [-0.2, 0) is 4.74 Å². The van der Waals surface area contributed by atoms with Crippen molar-refractivity contribution < 1.29 is 14.3 Å². The van der Waals surface area contributed by atoms with Crippen molar-refractivity contribution >= 4 is 5.97 Å². The van der Waals surface area contributed by atoms with Gasteiger partial charge in [-0.3, -0.25) is 9.78 Å². The van der Waals surface area contributed by atoms with Crippen molar-refractivity contribution in [2.45, 2.75) is 0 Å². The van der Waals surface area contributed by atoms with Crippen LogP contribution in [0.15, 0.2) is 10.9 Å². The number of nitrogens with zero attached hydrogens (tertiary/aromatic N) is 1. The maximum Gasteiger partial charge on any atom is 0.339 e. The van der Waals surface area contributed by atoms with Crippen molar-refractivity contribution in [1.82, 2.24) is 4.98 Å². The molecule has 0 radical (unpaired) electrons. The first kappa shape index (κ1) is 10.8. The lowest BCUT2D eigenvalue weighted by Gasteiger charge is -2.05. The van der Waals surface area contributed by atoms with E-state index in [2.05, 4.69) is 9.72 Å². The Labute approximate surface area is 85.1 Å². The van der Waals surface area contributed by atoms with Crippen LogP contribution >= 0.6 is 0 Å². The number of aromatic amines is 1. The summed E-state index contributed by atoms with van der Waals surface area (Å²) >= 11 is 0. The molecule has 1 aromatic rings. The molecule has 1 N–H and O–H groups in total. The van der Waals surface area contributed by atoms with E-state index in [1.807, 2.05) is 0 Å². The third-order valence-corrected chi connectivity index (χ3v) is 1.73. The minimum Gasteiger partial charge on any atom is -0.481 e. The lowest BCUT2D eigenvalue weighted by Crippen LogP contribution is -2.14. The van der Waals surface area contributed by atoms with Crippen LogP contribution in [0, 0.1) is 11.3 Å². The minimum absolute atomic E-state index is 0.0506. The zero-order valence-corrected chi connectivity index (χ0v) is 8.16. The first-order chi connectivity index (χ1) is 7.13. The van der Waals surface area contributed by atoms with Gasteiger partial charge in [-0.1, -0.05) is 0 Å². The summed E-state index contributed by atoms with van der Waals surface area (Å²) in [6.07, 6.45) is 0. The summed E-state index contributed by atoms with van der Waals surface area (Å²) in [4.78, 5) is 24.6. The van der Waals surface area contributed by atoms with Crippen molar-refractivity contribution in [3.63, 3.8) is 0 Å². The number of H-pyrrole nitrogens is 1. The van der Waals surface area contributed by atoms with E-state index in [4.69, 9.17) is 10.00 Å². The molecule has 0 aliphatic rings. The van der Waals surface area contributed by atoms with Crippen molar-refractivity contribution in [2.24, 2.45) is 0 Å². The third-order valence-electron chi connectivity index (χ3n) is 1.73. The molecule has 6 nitrogen and oxygen atoms in total. The van der Waals surface area contributed by atoms with Gasteiger partial charge in [-0.2, -0.15) is 5.26 Å². The number of aromatic nitrogens is 1. The van der Waals surface area contributed by atoms with Gasteiger partial charge in [0.2, 0.25) is 5.88 Å². The molecule has 0 spiro atoms. The molecule has 0 saturated heterocycles. The molecule has 0 atom stereocenters. The number of hydrogen-bond donors (Lipinski definition) is 1. The Morgan fingerprint density at radius 2 is 2.20 bits per heavy atom. The van der Waals surface area contributed by atoms with Crippen LogP contribution in [0.4, 0.5) is 0 Å². The number of carbonyl (C=O) groups excluding carboxylic acids is 1. The number of carbonyl (C=O) groups is 1. The minimum atomic E-state index is -0.754. The molecule has 0 unspecified atom stereocenters. The Kier molecular flexibility index (Phi) is 3.08. The summed E-state index contributed by atoms with van der Waals surface area (Å²) in [6.45, 7) is 0. The van der Waals surface area contributed by atoms with Gasteiger partial charge in [0.25, 0.3) is 5.56 Å². The summed E-state index contributed by atoms with van der Waals surface area (Å²) in [7, 11) is 2.45. The summed E-state index contributed by atoms with van der Waals surface area (Å²) in [6, 6.07) is 2.75. The number of pyridine rings is 1. The average Bonchev–Trinajstić information content (AvgIpc) is 2.26. The average molecular weight is 208 g/mol. The highest BCUT2D eigenvalue weighted by molar-refractivity contribution is 5.92. The van der Waals surface area contributed by atoms with Crippen molar-refractivity contribution in [1.29, 1.82) is 5.26 Å². The quantitative estimate of drug-likeness (QED) is 0.693. The van der Waals surface area contributed by atoms with E-state index < -0.39 is 11.5 Å². The van der Waals surface area contributed by atoms with Gasteiger partial charge in [-0.05, 0) is 0 Å². The standard InChI is InChI=1S/C9H8N2O4/c1-14-8-6(4-10)5(9(13)15-2)3-7(12)11-8/h3H,1-2H3,(H,11,12). The molecule has 0 amide bonds. The first-order valence-corrected chi connectivity index (χ1v) is 3.93. The smallest absolute Gasteiger partial charge is 0.339 e. The number of methoxy groups -OCH3 is 2. The maximum absolute atomic E-state index is 11.2. The van der Waals surface area contributed by atoms with E-state index >= 15 is 0 Å². The van der Waals surface area contributed by atoms with E-state index in [9.17, 15) is 9.59 Å². The molecule has 78 valence electrons. The second-order valence-electron chi connectivity index (χ2n) is 2.56. The Hall–Kier alpha value is -2.29. The zero-order chi connectivity index (χ0) is 11.4. The van der Waals surface area contributed by atoms with Crippen LogP contribution in [0.25, 0.3) is 0 Å². The largest absolute Gasteiger partial charge is 0.481 e. The van der Waals surface area contributed by atoms with Crippen molar-refractivity contribution in [3.05, 3.63) is 27.5 Å². The summed E-state index contributed by atoms with van der Waals surface area (Å²) < 4.78 is 9.20. The van der Waals surface area contributed by atoms with Gasteiger partial charge in [0.05, 0.1) is 19.8 Å². The Balaban J connectivity index is 3.50. The molecule has 0 saturated carbocycles. The molecule has 0 aromatic carbocycles. The molecule has 1 rings (SSSR count). The normalized spacial score (nSPS) is 9.13. The SMILES string of the molecule is COC(=O)c1cc(=O)[nH]c(OC)c1C#N. The van der Waals surface area contributed by atoms with Crippen LogP contribution < -0.4 is 10.3 Å². The second-order valence-corrected chi connectivity index (χ2v) is 2.56. The molecular weight excluding hydrogens is 200 g/mol. The van der Waals surface area contributed by atoms with Crippen LogP contribution in [0.3, 0.4) is 0 Å². The molecular formula is C9H8N2O4. The van der Waals surface area contributed by atoms with Crippen LogP contribution in [0.1, 0.15) is 15.9 Å².